The molecule has 0 aliphatic rings. The monoisotopic (exact) mass is 458 g/mol. The van der Waals surface area contributed by atoms with E-state index >= 15 is 0 Å². The molecule has 7 nitrogen and oxygen atoms in total. The zero-order chi connectivity index (χ0) is 22.6. The predicted octanol–water partition coefficient (Wildman–Crippen LogP) is 3.61. The number of nitrogens with one attached hydrogen (secondary N) is 1. The Morgan fingerprint density at radius 2 is 1.68 bits per heavy atom. The average molecular weight is 459 g/mol. The first-order valence-electron chi connectivity index (χ1n) is 9.83. The second kappa shape index (κ2) is 9.67. The van der Waals surface area contributed by atoms with E-state index in [4.69, 9.17) is 5.14 Å². The zero-order valence-electron chi connectivity index (χ0n) is 17.6. The number of aromatic nitrogens is 2. The fourth-order valence-corrected chi connectivity index (χ4v) is 4.36. The maximum atomic E-state index is 12.4. The first kappa shape index (κ1) is 23.1. The molecule has 3 aromatic rings. The Balaban J connectivity index is 1.59. The molecule has 3 N–H and O–H groups in total. The van der Waals surface area contributed by atoms with Crippen LogP contribution in [0.1, 0.15) is 43.9 Å². The maximum Gasteiger partial charge on any atom is 0.238 e. The molecular formula is C22H26N4O3S2. The lowest BCUT2D eigenvalue weighted by atomic mass is 10.0. The molecule has 164 valence electrons. The number of nitrogens with two attached hydrogens (primary N) is 1. The van der Waals surface area contributed by atoms with Crippen molar-refractivity contribution < 1.29 is 13.2 Å². The smallest absolute Gasteiger partial charge is 0.238 e. The third-order valence-electron chi connectivity index (χ3n) is 4.86. The van der Waals surface area contributed by atoms with Crippen molar-refractivity contribution in [3.05, 3.63) is 72.1 Å². The Bertz CT molecular complexity index is 1140. The zero-order valence-corrected chi connectivity index (χ0v) is 19.3. The van der Waals surface area contributed by atoms with Crippen molar-refractivity contribution in [2.45, 2.75) is 42.8 Å². The van der Waals surface area contributed by atoms with Gasteiger partial charge < -0.3 is 5.32 Å². The molecule has 31 heavy (non-hydrogen) atoms. The number of carbonyl (C=O) groups is 1. The summed E-state index contributed by atoms with van der Waals surface area (Å²) in [5.74, 6) is 0.533. The van der Waals surface area contributed by atoms with Crippen molar-refractivity contribution in [3.63, 3.8) is 0 Å². The van der Waals surface area contributed by atoms with Gasteiger partial charge in [-0.15, -0.1) is 0 Å². The molecule has 0 bridgehead atoms. The number of rotatable bonds is 8. The number of benzene rings is 2. The van der Waals surface area contributed by atoms with E-state index < -0.39 is 10.0 Å². The lowest BCUT2D eigenvalue weighted by Gasteiger charge is -2.15. The molecule has 1 heterocycles. The van der Waals surface area contributed by atoms with Crippen molar-refractivity contribution in [3.8, 4) is 5.69 Å². The number of imidazole rings is 1. The van der Waals surface area contributed by atoms with E-state index in [9.17, 15) is 13.2 Å². The molecule has 1 amide bonds. The fraction of sp³-hybridized carbons (Fsp3) is 0.273. The summed E-state index contributed by atoms with van der Waals surface area (Å²) < 4.78 is 24.7. The van der Waals surface area contributed by atoms with E-state index in [1.807, 2.05) is 17.7 Å². The second-order valence-electron chi connectivity index (χ2n) is 7.52. The van der Waals surface area contributed by atoms with Crippen LogP contribution < -0.4 is 10.5 Å². The molecule has 0 unspecified atom stereocenters. The minimum absolute atomic E-state index is 0.0404. The largest absolute Gasteiger partial charge is 0.349 e. The average Bonchev–Trinajstić information content (AvgIpc) is 3.20. The Morgan fingerprint density at radius 3 is 2.26 bits per heavy atom. The number of carbonyl (C=O) groups excluding carboxylic acids is 1. The molecule has 0 saturated heterocycles. The molecule has 1 atom stereocenters. The van der Waals surface area contributed by atoms with Crippen LogP contribution in [0.15, 0.2) is 71.0 Å². The molecular weight excluding hydrogens is 432 g/mol. The highest BCUT2D eigenvalue weighted by Crippen LogP contribution is 2.23. The van der Waals surface area contributed by atoms with Gasteiger partial charge in [-0.25, -0.2) is 18.5 Å². The van der Waals surface area contributed by atoms with Gasteiger partial charge in [-0.3, -0.25) is 9.36 Å². The van der Waals surface area contributed by atoms with E-state index in [0.29, 0.717) is 5.92 Å². The molecule has 3 rings (SSSR count). The number of hydrogen-bond donors (Lipinski definition) is 2. The van der Waals surface area contributed by atoms with Gasteiger partial charge in [0.25, 0.3) is 0 Å². The molecule has 0 fully saturated rings. The van der Waals surface area contributed by atoms with Gasteiger partial charge in [-0.05, 0) is 48.2 Å². The van der Waals surface area contributed by atoms with Gasteiger partial charge in [-0.1, -0.05) is 49.9 Å². The molecule has 1 aromatic heterocycles. The van der Waals surface area contributed by atoms with Crippen LogP contribution >= 0.6 is 11.8 Å². The van der Waals surface area contributed by atoms with Crippen LogP contribution in [0.25, 0.3) is 5.69 Å². The van der Waals surface area contributed by atoms with Crippen LogP contribution in [0, 0.1) is 0 Å². The Morgan fingerprint density at radius 1 is 1.06 bits per heavy atom. The minimum atomic E-state index is -3.74. The molecule has 0 spiro atoms. The molecule has 0 aliphatic heterocycles. The maximum absolute atomic E-state index is 12.4. The summed E-state index contributed by atoms with van der Waals surface area (Å²) in [4.78, 5) is 16.8. The number of amides is 1. The van der Waals surface area contributed by atoms with Crippen molar-refractivity contribution >= 4 is 27.7 Å². The number of thioether (sulfide) groups is 1. The Labute approximate surface area is 187 Å². The number of sulfonamides is 1. The van der Waals surface area contributed by atoms with E-state index in [-0.39, 0.29) is 22.6 Å². The first-order valence-corrected chi connectivity index (χ1v) is 12.4. The van der Waals surface area contributed by atoms with Gasteiger partial charge in [-0.2, -0.15) is 0 Å². The molecule has 9 heteroatoms. The summed E-state index contributed by atoms with van der Waals surface area (Å²) in [6.45, 7) is 6.15. The normalized spacial score (nSPS) is 12.7. The quantitative estimate of drug-likeness (QED) is 0.502. The van der Waals surface area contributed by atoms with E-state index in [2.05, 4.69) is 48.4 Å². The third kappa shape index (κ3) is 5.96. The van der Waals surface area contributed by atoms with Gasteiger partial charge in [0, 0.05) is 18.1 Å². The van der Waals surface area contributed by atoms with Crippen molar-refractivity contribution in [2.24, 2.45) is 5.14 Å². The SMILES string of the molecule is CC(C)c1ccc(-n2ccnc2SCC(=O)N[C@H](C)c2ccc(S(N)(=O)=O)cc2)cc1. The van der Waals surface area contributed by atoms with E-state index in [1.165, 1.54) is 29.5 Å². The lowest BCUT2D eigenvalue weighted by molar-refractivity contribution is -0.119. The van der Waals surface area contributed by atoms with Crippen LogP contribution in [0.2, 0.25) is 0 Å². The predicted molar refractivity (Wildman–Crippen MR) is 123 cm³/mol. The number of primary sulfonamides is 1. The van der Waals surface area contributed by atoms with Gasteiger partial charge in [0.2, 0.25) is 15.9 Å². The minimum Gasteiger partial charge on any atom is -0.349 e. The molecule has 0 aliphatic carbocycles. The summed E-state index contributed by atoms with van der Waals surface area (Å²) in [5.41, 5.74) is 3.05. The topological polar surface area (TPSA) is 107 Å². The van der Waals surface area contributed by atoms with Gasteiger partial charge in [0.1, 0.15) is 0 Å². The molecule has 0 radical (unpaired) electrons. The van der Waals surface area contributed by atoms with Crippen LogP contribution in [0.4, 0.5) is 0 Å². The van der Waals surface area contributed by atoms with Crippen molar-refractivity contribution in [2.75, 3.05) is 5.75 Å². The van der Waals surface area contributed by atoms with Crippen molar-refractivity contribution in [1.29, 1.82) is 0 Å². The summed E-state index contributed by atoms with van der Waals surface area (Å²) in [7, 11) is -3.74. The van der Waals surface area contributed by atoms with Gasteiger partial charge >= 0.3 is 0 Å². The van der Waals surface area contributed by atoms with Gasteiger partial charge in [0.05, 0.1) is 16.7 Å². The summed E-state index contributed by atoms with van der Waals surface area (Å²) in [6, 6.07) is 14.2. The number of nitrogens with zero attached hydrogens (tertiary/aromatic N) is 2. The van der Waals surface area contributed by atoms with Crippen LogP contribution in [0.5, 0.6) is 0 Å². The highest BCUT2D eigenvalue weighted by Gasteiger charge is 2.14. The number of hydrogen-bond acceptors (Lipinski definition) is 5. The van der Waals surface area contributed by atoms with Crippen molar-refractivity contribution in [1.82, 2.24) is 14.9 Å². The molecule has 0 saturated carbocycles. The highest BCUT2D eigenvalue weighted by molar-refractivity contribution is 7.99. The summed E-state index contributed by atoms with van der Waals surface area (Å²) >= 11 is 1.35. The Kier molecular flexibility index (Phi) is 7.19. The fourth-order valence-electron chi connectivity index (χ4n) is 3.06. The van der Waals surface area contributed by atoms with E-state index in [0.717, 1.165) is 16.4 Å². The molecule has 2 aromatic carbocycles. The van der Waals surface area contributed by atoms with Crippen LogP contribution in [0.3, 0.4) is 0 Å². The van der Waals surface area contributed by atoms with Crippen LogP contribution in [-0.4, -0.2) is 29.6 Å². The summed E-state index contributed by atoms with van der Waals surface area (Å²) in [5, 5.41) is 8.77. The lowest BCUT2D eigenvalue weighted by Crippen LogP contribution is -2.28. The first-order chi connectivity index (χ1) is 14.6. The standard InChI is InChI=1S/C22H26N4O3S2/c1-15(2)17-4-8-19(9-5-17)26-13-12-24-22(26)30-14-21(27)25-16(3)18-6-10-20(11-7-18)31(23,28)29/h4-13,15-16H,14H2,1-3H3,(H,25,27)(H2,23,28,29)/t16-/m1/s1. The highest BCUT2D eigenvalue weighted by atomic mass is 32.2. The third-order valence-corrected chi connectivity index (χ3v) is 6.76. The van der Waals surface area contributed by atoms with Crippen LogP contribution in [-0.2, 0) is 14.8 Å². The van der Waals surface area contributed by atoms with Gasteiger partial charge in [0.15, 0.2) is 5.16 Å². The summed E-state index contributed by atoms with van der Waals surface area (Å²) in [6.07, 6.45) is 3.59. The second-order valence-corrected chi connectivity index (χ2v) is 10.0. The Hall–Kier alpha value is -2.62. The van der Waals surface area contributed by atoms with E-state index in [1.54, 1.807) is 18.3 Å².